The number of rotatable bonds is 1. The van der Waals surface area contributed by atoms with E-state index >= 15 is 0 Å². The Morgan fingerprint density at radius 2 is 2.22 bits per heavy atom. The zero-order valence-corrected chi connectivity index (χ0v) is 12.1. The Labute approximate surface area is 114 Å². The van der Waals surface area contributed by atoms with E-state index in [4.69, 9.17) is 5.26 Å². The van der Waals surface area contributed by atoms with Crippen LogP contribution in [0.4, 0.5) is 0 Å². The zero-order chi connectivity index (χ0) is 13.1. The fourth-order valence-electron chi connectivity index (χ4n) is 2.66. The lowest BCUT2D eigenvalue weighted by Crippen LogP contribution is -2.07. The van der Waals surface area contributed by atoms with Gasteiger partial charge in [0.2, 0.25) is 0 Å². The van der Waals surface area contributed by atoms with Gasteiger partial charge in [0.05, 0.1) is 6.07 Å². The van der Waals surface area contributed by atoms with E-state index in [1.54, 1.807) is 0 Å². The molecule has 18 heavy (non-hydrogen) atoms. The van der Waals surface area contributed by atoms with Gasteiger partial charge in [-0.2, -0.15) is 5.26 Å². The minimum absolute atomic E-state index is 0.489. The summed E-state index contributed by atoms with van der Waals surface area (Å²) in [7, 11) is 0. The second-order valence-electron chi connectivity index (χ2n) is 4.92. The summed E-state index contributed by atoms with van der Waals surface area (Å²) < 4.78 is 0. The minimum Gasteiger partial charge on any atom is -0.193 e. The Kier molecular flexibility index (Phi) is 4.14. The molecular weight excluding hydrogens is 238 g/mol. The lowest BCUT2D eigenvalue weighted by atomic mass is 9.84. The predicted molar refractivity (Wildman–Crippen MR) is 79.1 cm³/mol. The first-order valence-electron chi connectivity index (χ1n) is 6.46. The normalized spacial score (nSPS) is 24.8. The molecule has 1 atom stereocenters. The molecule has 0 amide bonds. The molecule has 1 aliphatic carbocycles. The van der Waals surface area contributed by atoms with Crippen LogP contribution < -0.4 is 0 Å². The molecule has 0 N–H and O–H groups in total. The molecule has 94 valence electrons. The average Bonchev–Trinajstić information content (AvgIpc) is 2.51. The van der Waals surface area contributed by atoms with Crippen LogP contribution in [-0.2, 0) is 0 Å². The summed E-state index contributed by atoms with van der Waals surface area (Å²) in [5.74, 6) is 1.53. The summed E-state index contributed by atoms with van der Waals surface area (Å²) in [5, 5.41) is 9.03. The molecule has 1 heterocycles. The van der Waals surface area contributed by atoms with Gasteiger partial charge in [0.25, 0.3) is 0 Å². The van der Waals surface area contributed by atoms with E-state index in [2.05, 4.69) is 45.1 Å². The highest BCUT2D eigenvalue weighted by atomic mass is 32.2. The molecule has 0 bridgehead atoms. The molecule has 0 saturated heterocycles. The summed E-state index contributed by atoms with van der Waals surface area (Å²) in [4.78, 5) is 1.34. The molecule has 0 aromatic carbocycles. The number of nitrogens with zero attached hydrogens (tertiary/aromatic N) is 1. The highest BCUT2D eigenvalue weighted by molar-refractivity contribution is 8.03. The SMILES string of the molecule is C/C=C\C1=C(C)CSC2=C(CCC(C#N)=C2)C1C. The van der Waals surface area contributed by atoms with E-state index in [1.165, 1.54) is 21.6 Å². The summed E-state index contributed by atoms with van der Waals surface area (Å²) in [6, 6.07) is 2.31. The largest absolute Gasteiger partial charge is 0.193 e. The quantitative estimate of drug-likeness (QED) is 0.676. The van der Waals surface area contributed by atoms with E-state index in [1.807, 2.05) is 11.8 Å². The second kappa shape index (κ2) is 5.63. The minimum atomic E-state index is 0.489. The van der Waals surface area contributed by atoms with Gasteiger partial charge in [-0.25, -0.2) is 0 Å². The van der Waals surface area contributed by atoms with Gasteiger partial charge >= 0.3 is 0 Å². The maximum atomic E-state index is 9.03. The van der Waals surface area contributed by atoms with Crippen LogP contribution in [0, 0.1) is 17.2 Å². The van der Waals surface area contributed by atoms with Crippen LogP contribution in [0.2, 0.25) is 0 Å². The predicted octanol–water partition coefficient (Wildman–Crippen LogP) is 4.76. The standard InChI is InChI=1S/C16H19NS/c1-4-5-14-11(2)10-18-16-8-13(9-17)6-7-15(16)12(14)3/h4-5,8,12H,6-7,10H2,1-3H3/b5-4-. The molecule has 0 spiro atoms. The molecular formula is C16H19NS. The second-order valence-corrected chi connectivity index (χ2v) is 5.93. The third-order valence-electron chi connectivity index (χ3n) is 3.70. The van der Waals surface area contributed by atoms with Crippen molar-refractivity contribution in [3.05, 3.63) is 45.4 Å². The topological polar surface area (TPSA) is 23.8 Å². The Balaban J connectivity index is 2.42. The van der Waals surface area contributed by atoms with Gasteiger partial charge in [0, 0.05) is 22.1 Å². The van der Waals surface area contributed by atoms with Crippen molar-refractivity contribution in [1.29, 1.82) is 5.26 Å². The first-order chi connectivity index (χ1) is 8.67. The Bertz CT molecular complexity index is 512. The molecule has 1 aliphatic heterocycles. The number of hydrogen-bond donors (Lipinski definition) is 0. The van der Waals surface area contributed by atoms with Crippen molar-refractivity contribution in [2.75, 3.05) is 5.75 Å². The fraction of sp³-hybridized carbons (Fsp3) is 0.438. The van der Waals surface area contributed by atoms with E-state index in [9.17, 15) is 0 Å². The highest BCUT2D eigenvalue weighted by Gasteiger charge is 2.24. The summed E-state index contributed by atoms with van der Waals surface area (Å²) >= 11 is 1.89. The van der Waals surface area contributed by atoms with Gasteiger partial charge in [0.1, 0.15) is 0 Å². The first-order valence-corrected chi connectivity index (χ1v) is 7.44. The molecule has 0 aromatic rings. The van der Waals surface area contributed by atoms with Gasteiger partial charge in [0.15, 0.2) is 0 Å². The third-order valence-corrected chi connectivity index (χ3v) is 4.97. The van der Waals surface area contributed by atoms with Crippen LogP contribution in [0.1, 0.15) is 33.6 Å². The number of thioether (sulfide) groups is 1. The fourth-order valence-corrected chi connectivity index (χ4v) is 3.89. The number of nitriles is 1. The number of hydrogen-bond acceptors (Lipinski definition) is 2. The van der Waals surface area contributed by atoms with Crippen LogP contribution in [0.3, 0.4) is 0 Å². The molecule has 2 heteroatoms. The van der Waals surface area contributed by atoms with Gasteiger partial charge in [-0.15, -0.1) is 11.8 Å². The molecule has 1 nitrogen and oxygen atoms in total. The van der Waals surface area contributed by atoms with Crippen LogP contribution >= 0.6 is 11.8 Å². The van der Waals surface area contributed by atoms with Gasteiger partial charge in [-0.3, -0.25) is 0 Å². The average molecular weight is 257 g/mol. The lowest BCUT2D eigenvalue weighted by molar-refractivity contribution is 0.735. The molecule has 2 rings (SSSR count). The van der Waals surface area contributed by atoms with Crippen molar-refractivity contribution < 1.29 is 0 Å². The first kappa shape index (κ1) is 13.2. The Hall–Kier alpha value is -1.20. The lowest BCUT2D eigenvalue weighted by Gasteiger charge is -2.22. The Morgan fingerprint density at radius 3 is 2.89 bits per heavy atom. The maximum absolute atomic E-state index is 9.03. The smallest absolute Gasteiger partial charge is 0.0947 e. The molecule has 0 aromatic heterocycles. The molecule has 2 aliphatic rings. The zero-order valence-electron chi connectivity index (χ0n) is 11.3. The Morgan fingerprint density at radius 1 is 1.44 bits per heavy atom. The summed E-state index contributed by atoms with van der Waals surface area (Å²) in [6.45, 7) is 6.60. The van der Waals surface area contributed by atoms with Crippen LogP contribution in [0.15, 0.2) is 45.4 Å². The molecule has 0 fully saturated rings. The van der Waals surface area contributed by atoms with Crippen molar-refractivity contribution in [3.63, 3.8) is 0 Å². The molecule has 0 radical (unpaired) electrons. The molecule has 0 saturated carbocycles. The van der Waals surface area contributed by atoms with Crippen molar-refractivity contribution in [1.82, 2.24) is 0 Å². The van der Waals surface area contributed by atoms with Crippen LogP contribution in [-0.4, -0.2) is 5.75 Å². The molecule has 1 unspecified atom stereocenters. The van der Waals surface area contributed by atoms with E-state index < -0.39 is 0 Å². The van der Waals surface area contributed by atoms with E-state index in [-0.39, 0.29) is 0 Å². The van der Waals surface area contributed by atoms with Crippen molar-refractivity contribution in [2.24, 2.45) is 5.92 Å². The van der Waals surface area contributed by atoms with Crippen LogP contribution in [0.25, 0.3) is 0 Å². The number of allylic oxidation sites excluding steroid dienone is 6. The van der Waals surface area contributed by atoms with E-state index in [0.29, 0.717) is 5.92 Å². The van der Waals surface area contributed by atoms with Crippen molar-refractivity contribution in [3.8, 4) is 6.07 Å². The van der Waals surface area contributed by atoms with Crippen molar-refractivity contribution >= 4 is 11.8 Å². The van der Waals surface area contributed by atoms with E-state index in [0.717, 1.165) is 24.2 Å². The maximum Gasteiger partial charge on any atom is 0.0947 e. The summed E-state index contributed by atoms with van der Waals surface area (Å²) in [6.07, 6.45) is 8.43. The summed E-state index contributed by atoms with van der Waals surface area (Å²) in [5.41, 5.74) is 5.38. The van der Waals surface area contributed by atoms with Gasteiger partial charge < -0.3 is 0 Å². The van der Waals surface area contributed by atoms with Gasteiger partial charge in [-0.05, 0) is 43.9 Å². The van der Waals surface area contributed by atoms with Crippen LogP contribution in [0.5, 0.6) is 0 Å². The van der Waals surface area contributed by atoms with Crippen molar-refractivity contribution in [2.45, 2.75) is 33.6 Å². The highest BCUT2D eigenvalue weighted by Crippen LogP contribution is 2.42. The third kappa shape index (κ3) is 2.47. The monoisotopic (exact) mass is 257 g/mol. The van der Waals surface area contributed by atoms with Gasteiger partial charge in [-0.1, -0.05) is 24.6 Å².